The van der Waals surface area contributed by atoms with Crippen molar-refractivity contribution in [2.45, 2.75) is 12.8 Å². The molecule has 6 heteroatoms. The van der Waals surface area contributed by atoms with Crippen molar-refractivity contribution in [2.24, 2.45) is 0 Å². The van der Waals surface area contributed by atoms with Crippen molar-refractivity contribution in [3.63, 3.8) is 0 Å². The van der Waals surface area contributed by atoms with E-state index in [-0.39, 0.29) is 4.87 Å². The van der Waals surface area contributed by atoms with Crippen LogP contribution in [0.15, 0.2) is 29.1 Å². The molecule has 0 amide bonds. The summed E-state index contributed by atoms with van der Waals surface area (Å²) in [5, 5.41) is 0. The summed E-state index contributed by atoms with van der Waals surface area (Å²) in [6, 6.07) is 7.75. The summed E-state index contributed by atoms with van der Waals surface area (Å²) in [5.41, 5.74) is 0.953. The van der Waals surface area contributed by atoms with E-state index in [1.54, 1.807) is 4.57 Å². The predicted molar refractivity (Wildman–Crippen MR) is 77.9 cm³/mol. The minimum absolute atomic E-state index is 0.0398. The SMILES string of the molecule is CCOC(=S)SCn1c(=O)sc2ccccc21. The molecule has 0 saturated heterocycles. The Morgan fingerprint density at radius 3 is 3.06 bits per heavy atom. The first-order valence-electron chi connectivity index (χ1n) is 5.10. The summed E-state index contributed by atoms with van der Waals surface area (Å²) in [5.74, 6) is 0.502. The fourth-order valence-corrected chi connectivity index (χ4v) is 3.35. The maximum Gasteiger partial charge on any atom is 0.308 e. The van der Waals surface area contributed by atoms with Crippen LogP contribution in [0.3, 0.4) is 0 Å². The molecule has 90 valence electrons. The van der Waals surface area contributed by atoms with Gasteiger partial charge in [-0.15, -0.1) is 0 Å². The first kappa shape index (κ1) is 12.6. The summed E-state index contributed by atoms with van der Waals surface area (Å²) >= 11 is 7.64. The second kappa shape index (κ2) is 5.66. The summed E-state index contributed by atoms with van der Waals surface area (Å²) in [7, 11) is 0. The van der Waals surface area contributed by atoms with Gasteiger partial charge in [0.15, 0.2) is 0 Å². The fraction of sp³-hybridized carbons (Fsp3) is 0.273. The minimum atomic E-state index is 0.0398. The monoisotopic (exact) mass is 285 g/mol. The van der Waals surface area contributed by atoms with Crippen LogP contribution in [-0.2, 0) is 10.6 Å². The van der Waals surface area contributed by atoms with Crippen molar-refractivity contribution in [1.29, 1.82) is 0 Å². The van der Waals surface area contributed by atoms with Gasteiger partial charge in [-0.05, 0) is 31.3 Å². The Labute approximate surface area is 112 Å². The Hall–Kier alpha value is -0.850. The zero-order valence-electron chi connectivity index (χ0n) is 9.21. The molecule has 1 heterocycles. The van der Waals surface area contributed by atoms with Gasteiger partial charge in [-0.2, -0.15) is 0 Å². The Morgan fingerprint density at radius 2 is 2.29 bits per heavy atom. The molecule has 1 aromatic carbocycles. The minimum Gasteiger partial charge on any atom is -0.479 e. The Bertz CT molecular complexity index is 588. The molecule has 0 spiro atoms. The average Bonchev–Trinajstić information content (AvgIpc) is 2.62. The molecule has 3 nitrogen and oxygen atoms in total. The van der Waals surface area contributed by atoms with Crippen LogP contribution in [0.1, 0.15) is 6.92 Å². The number of rotatable bonds is 3. The number of benzene rings is 1. The van der Waals surface area contributed by atoms with Crippen LogP contribution in [0.4, 0.5) is 0 Å². The molecule has 0 aliphatic heterocycles. The molecule has 0 fully saturated rings. The Morgan fingerprint density at radius 1 is 1.53 bits per heavy atom. The van der Waals surface area contributed by atoms with E-state index in [0.717, 1.165) is 10.2 Å². The first-order chi connectivity index (χ1) is 8.22. The zero-order valence-corrected chi connectivity index (χ0v) is 11.7. The molecule has 0 N–H and O–H groups in total. The summed E-state index contributed by atoms with van der Waals surface area (Å²) in [4.78, 5) is 11.8. The quantitative estimate of drug-likeness (QED) is 0.811. The molecule has 0 aliphatic carbocycles. The van der Waals surface area contributed by atoms with Crippen molar-refractivity contribution in [1.82, 2.24) is 4.57 Å². The number of nitrogens with zero attached hydrogens (tertiary/aromatic N) is 1. The van der Waals surface area contributed by atoms with E-state index in [2.05, 4.69) is 0 Å². The molecule has 2 aromatic rings. The highest BCUT2D eigenvalue weighted by Gasteiger charge is 2.07. The molecule has 0 bridgehead atoms. The maximum atomic E-state index is 11.8. The first-order valence-corrected chi connectivity index (χ1v) is 7.31. The number of thiazole rings is 1. The van der Waals surface area contributed by atoms with E-state index < -0.39 is 0 Å². The lowest BCUT2D eigenvalue weighted by Gasteiger charge is -2.05. The number of ether oxygens (including phenoxy) is 1. The van der Waals surface area contributed by atoms with Gasteiger partial charge in [0.1, 0.15) is 0 Å². The van der Waals surface area contributed by atoms with Crippen LogP contribution in [0.5, 0.6) is 0 Å². The standard InChI is InChI=1S/C11H11NO2S3/c1-2-14-11(15)16-7-12-8-5-3-4-6-9(8)17-10(12)13/h3-6H,2,7H2,1H3. The van der Waals surface area contributed by atoms with Gasteiger partial charge < -0.3 is 4.74 Å². The summed E-state index contributed by atoms with van der Waals surface area (Å²) in [6.07, 6.45) is 0. The maximum absolute atomic E-state index is 11.8. The summed E-state index contributed by atoms with van der Waals surface area (Å²) < 4.78 is 8.37. The van der Waals surface area contributed by atoms with Gasteiger partial charge in [-0.1, -0.05) is 35.2 Å². The third-order valence-corrected chi connectivity index (χ3v) is 4.32. The van der Waals surface area contributed by atoms with Crippen LogP contribution >= 0.6 is 35.3 Å². The highest BCUT2D eigenvalue weighted by molar-refractivity contribution is 8.22. The molecule has 2 rings (SSSR count). The molecule has 0 radical (unpaired) electrons. The largest absolute Gasteiger partial charge is 0.479 e. The number of aromatic nitrogens is 1. The van der Waals surface area contributed by atoms with Gasteiger partial charge in [-0.25, -0.2) is 0 Å². The molecule has 0 saturated carbocycles. The van der Waals surface area contributed by atoms with Crippen molar-refractivity contribution in [3.8, 4) is 0 Å². The molecule has 0 atom stereocenters. The van der Waals surface area contributed by atoms with Gasteiger partial charge in [0.05, 0.1) is 22.7 Å². The number of hydrogen-bond acceptors (Lipinski definition) is 5. The van der Waals surface area contributed by atoms with Crippen molar-refractivity contribution >= 4 is 49.9 Å². The van der Waals surface area contributed by atoms with E-state index in [0.29, 0.717) is 16.9 Å². The normalized spacial score (nSPS) is 10.6. The van der Waals surface area contributed by atoms with E-state index in [4.69, 9.17) is 17.0 Å². The van der Waals surface area contributed by atoms with Crippen molar-refractivity contribution < 1.29 is 4.74 Å². The Kier molecular flexibility index (Phi) is 4.20. The fourth-order valence-electron chi connectivity index (χ4n) is 1.41. The van der Waals surface area contributed by atoms with Crippen molar-refractivity contribution in [3.05, 3.63) is 33.9 Å². The van der Waals surface area contributed by atoms with E-state index in [1.165, 1.54) is 23.1 Å². The molecule has 0 aliphatic rings. The average molecular weight is 285 g/mol. The number of fused-ring (bicyclic) bond motifs is 1. The number of para-hydroxylation sites is 1. The van der Waals surface area contributed by atoms with Gasteiger partial charge in [-0.3, -0.25) is 9.36 Å². The molecule has 0 unspecified atom stereocenters. The third kappa shape index (κ3) is 2.88. The third-order valence-electron chi connectivity index (χ3n) is 2.15. The van der Waals surface area contributed by atoms with E-state index in [1.807, 2.05) is 31.2 Å². The smallest absolute Gasteiger partial charge is 0.308 e. The molecular weight excluding hydrogens is 274 g/mol. The predicted octanol–water partition coefficient (Wildman–Crippen LogP) is 3.08. The van der Waals surface area contributed by atoms with Crippen molar-refractivity contribution in [2.75, 3.05) is 6.61 Å². The second-order valence-electron chi connectivity index (χ2n) is 3.22. The van der Waals surface area contributed by atoms with Crippen LogP contribution in [-0.4, -0.2) is 15.6 Å². The highest BCUT2D eigenvalue weighted by Crippen LogP contribution is 2.19. The molecular formula is C11H11NO2S3. The number of hydrogen-bond donors (Lipinski definition) is 0. The lowest BCUT2D eigenvalue weighted by molar-refractivity contribution is 0.346. The lowest BCUT2D eigenvalue weighted by atomic mass is 10.3. The van der Waals surface area contributed by atoms with Gasteiger partial charge in [0.2, 0.25) is 4.38 Å². The van der Waals surface area contributed by atoms with Crippen LogP contribution in [0, 0.1) is 0 Å². The van der Waals surface area contributed by atoms with Crippen LogP contribution in [0.2, 0.25) is 0 Å². The van der Waals surface area contributed by atoms with Crippen LogP contribution in [0.25, 0.3) is 10.2 Å². The van der Waals surface area contributed by atoms with Crippen LogP contribution < -0.4 is 4.87 Å². The molecule has 1 aromatic heterocycles. The zero-order chi connectivity index (χ0) is 12.3. The summed E-state index contributed by atoms with van der Waals surface area (Å²) in [6.45, 7) is 2.45. The van der Waals surface area contributed by atoms with Gasteiger partial charge in [0.25, 0.3) is 0 Å². The van der Waals surface area contributed by atoms with Gasteiger partial charge >= 0.3 is 4.87 Å². The Balaban J connectivity index is 2.21. The van der Waals surface area contributed by atoms with Gasteiger partial charge in [0, 0.05) is 0 Å². The second-order valence-corrected chi connectivity index (χ2v) is 5.76. The number of thiocarbonyl (C=S) groups is 1. The van der Waals surface area contributed by atoms with E-state index in [9.17, 15) is 4.79 Å². The van der Waals surface area contributed by atoms with E-state index >= 15 is 0 Å². The number of thioether (sulfide) groups is 1. The molecule has 17 heavy (non-hydrogen) atoms. The lowest BCUT2D eigenvalue weighted by Crippen LogP contribution is -2.12. The highest BCUT2D eigenvalue weighted by atomic mass is 32.2. The topological polar surface area (TPSA) is 31.2 Å².